The lowest BCUT2D eigenvalue weighted by molar-refractivity contribution is 0.216. The van der Waals surface area contributed by atoms with Crippen LogP contribution < -0.4 is 4.72 Å². The number of thiophene rings is 1. The molecule has 2 unspecified atom stereocenters. The topological polar surface area (TPSA) is 66.4 Å². The van der Waals surface area contributed by atoms with Crippen LogP contribution in [0.4, 0.5) is 0 Å². The van der Waals surface area contributed by atoms with Crippen molar-refractivity contribution < 1.29 is 13.5 Å². The first kappa shape index (κ1) is 15.2. The Morgan fingerprint density at radius 2 is 2.06 bits per heavy atom. The van der Waals surface area contributed by atoms with E-state index in [-0.39, 0.29) is 27.8 Å². The van der Waals surface area contributed by atoms with E-state index in [1.807, 2.05) is 0 Å². The average molecular weight is 318 g/mol. The maximum atomic E-state index is 12.0. The third kappa shape index (κ3) is 3.81. The summed E-state index contributed by atoms with van der Waals surface area (Å²) in [5, 5.41) is 8.95. The molecule has 4 nitrogen and oxygen atoms in total. The number of halogens is 2. The lowest BCUT2D eigenvalue weighted by Crippen LogP contribution is -2.38. The molecule has 17 heavy (non-hydrogen) atoms. The normalized spacial score (nSPS) is 15.8. The smallest absolute Gasteiger partial charge is 0.243 e. The number of aliphatic hydroxyl groups excluding tert-OH is 1. The van der Waals surface area contributed by atoms with E-state index in [9.17, 15) is 8.42 Å². The molecule has 0 spiro atoms. The van der Waals surface area contributed by atoms with Crippen molar-refractivity contribution in [1.82, 2.24) is 4.72 Å². The van der Waals surface area contributed by atoms with Gasteiger partial charge < -0.3 is 5.11 Å². The molecule has 0 aromatic carbocycles. The highest BCUT2D eigenvalue weighted by Gasteiger charge is 2.24. The molecule has 8 heteroatoms. The summed E-state index contributed by atoms with van der Waals surface area (Å²) in [7, 11) is -3.69. The summed E-state index contributed by atoms with van der Waals surface area (Å²) < 4.78 is 26.8. The molecule has 0 saturated carbocycles. The van der Waals surface area contributed by atoms with E-state index in [0.717, 1.165) is 11.3 Å². The van der Waals surface area contributed by atoms with Gasteiger partial charge in [-0.05, 0) is 18.9 Å². The fourth-order valence-electron chi connectivity index (χ4n) is 1.09. The molecule has 1 heterocycles. The van der Waals surface area contributed by atoms with Gasteiger partial charge in [0.1, 0.15) is 9.23 Å². The third-order valence-electron chi connectivity index (χ3n) is 2.40. The highest BCUT2D eigenvalue weighted by molar-refractivity contribution is 7.89. The maximum Gasteiger partial charge on any atom is 0.243 e. The van der Waals surface area contributed by atoms with Crippen LogP contribution in [0.5, 0.6) is 0 Å². The van der Waals surface area contributed by atoms with Gasteiger partial charge in [0.15, 0.2) is 0 Å². The Balaban J connectivity index is 2.93. The van der Waals surface area contributed by atoms with Crippen molar-refractivity contribution in [2.24, 2.45) is 5.92 Å². The second-order valence-corrected chi connectivity index (χ2v) is 7.73. The molecule has 0 amide bonds. The largest absolute Gasteiger partial charge is 0.396 e. The van der Waals surface area contributed by atoms with E-state index in [0.29, 0.717) is 4.34 Å². The molecule has 0 bridgehead atoms. The Morgan fingerprint density at radius 3 is 2.47 bits per heavy atom. The SMILES string of the molecule is CC(CO)C(C)NS(=O)(=O)c1cc(Cl)sc1Cl. The summed E-state index contributed by atoms with van der Waals surface area (Å²) in [5.41, 5.74) is 0. The van der Waals surface area contributed by atoms with E-state index < -0.39 is 10.0 Å². The zero-order valence-corrected chi connectivity index (χ0v) is 12.4. The number of nitrogens with one attached hydrogen (secondary N) is 1. The van der Waals surface area contributed by atoms with Crippen molar-refractivity contribution in [3.8, 4) is 0 Å². The lowest BCUT2D eigenvalue weighted by Gasteiger charge is -2.18. The van der Waals surface area contributed by atoms with Crippen LogP contribution in [0.1, 0.15) is 13.8 Å². The van der Waals surface area contributed by atoms with Gasteiger partial charge in [-0.25, -0.2) is 13.1 Å². The zero-order valence-electron chi connectivity index (χ0n) is 9.28. The fourth-order valence-corrected chi connectivity index (χ4v) is 4.59. The molecule has 0 fully saturated rings. The summed E-state index contributed by atoms with van der Waals surface area (Å²) in [6.45, 7) is 3.33. The van der Waals surface area contributed by atoms with Crippen LogP contribution in [0, 0.1) is 5.92 Å². The molecule has 1 rings (SSSR count). The molecule has 0 aliphatic heterocycles. The molecular weight excluding hydrogens is 305 g/mol. The summed E-state index contributed by atoms with van der Waals surface area (Å²) in [6, 6.07) is 0.924. The van der Waals surface area contributed by atoms with Crippen molar-refractivity contribution in [3.63, 3.8) is 0 Å². The number of sulfonamides is 1. The van der Waals surface area contributed by atoms with E-state index in [4.69, 9.17) is 28.3 Å². The zero-order chi connectivity index (χ0) is 13.2. The Morgan fingerprint density at radius 1 is 1.47 bits per heavy atom. The Labute approximate surface area is 115 Å². The predicted molar refractivity (Wildman–Crippen MR) is 70.4 cm³/mol. The molecule has 0 aliphatic carbocycles. The lowest BCUT2D eigenvalue weighted by atomic mass is 10.1. The molecule has 98 valence electrons. The first-order chi connectivity index (χ1) is 7.77. The van der Waals surface area contributed by atoms with Gasteiger partial charge in [0.2, 0.25) is 10.0 Å². The number of aliphatic hydroxyl groups is 1. The highest BCUT2D eigenvalue weighted by atomic mass is 35.5. The second-order valence-electron chi connectivity index (χ2n) is 3.76. The van der Waals surface area contributed by atoms with Crippen molar-refractivity contribution >= 4 is 44.6 Å². The van der Waals surface area contributed by atoms with Crippen LogP contribution in [-0.2, 0) is 10.0 Å². The van der Waals surface area contributed by atoms with Crippen LogP contribution in [0.3, 0.4) is 0 Å². The van der Waals surface area contributed by atoms with Crippen LogP contribution >= 0.6 is 34.5 Å². The predicted octanol–water partition coefficient (Wildman–Crippen LogP) is 2.35. The minimum absolute atomic E-state index is 0.0221. The maximum absolute atomic E-state index is 12.0. The molecule has 2 N–H and O–H groups in total. The Hall–Kier alpha value is 0.150. The monoisotopic (exact) mass is 317 g/mol. The van der Waals surface area contributed by atoms with Crippen LogP contribution in [0.25, 0.3) is 0 Å². The van der Waals surface area contributed by atoms with E-state index in [2.05, 4.69) is 4.72 Å². The second kappa shape index (κ2) is 5.86. The molecule has 2 atom stereocenters. The third-order valence-corrected chi connectivity index (χ3v) is 5.71. The minimum Gasteiger partial charge on any atom is -0.396 e. The van der Waals surface area contributed by atoms with Gasteiger partial charge in [-0.15, -0.1) is 11.3 Å². The molecule has 1 aromatic heterocycles. The van der Waals surface area contributed by atoms with Gasteiger partial charge in [-0.2, -0.15) is 0 Å². The van der Waals surface area contributed by atoms with Gasteiger partial charge in [0.25, 0.3) is 0 Å². The van der Waals surface area contributed by atoms with Gasteiger partial charge in [-0.3, -0.25) is 0 Å². The molecule has 0 radical (unpaired) electrons. The summed E-state index contributed by atoms with van der Waals surface area (Å²) in [4.78, 5) is -0.0221. The summed E-state index contributed by atoms with van der Waals surface area (Å²) in [5.74, 6) is -0.183. The molecule has 0 saturated heterocycles. The van der Waals surface area contributed by atoms with E-state index in [1.54, 1.807) is 13.8 Å². The summed E-state index contributed by atoms with van der Waals surface area (Å²) >= 11 is 12.5. The van der Waals surface area contributed by atoms with Gasteiger partial charge in [0.05, 0.1) is 4.34 Å². The number of hydrogen-bond donors (Lipinski definition) is 2. The minimum atomic E-state index is -3.69. The molecule has 1 aromatic rings. The van der Waals surface area contributed by atoms with Crippen molar-refractivity contribution in [2.45, 2.75) is 24.8 Å². The van der Waals surface area contributed by atoms with Gasteiger partial charge >= 0.3 is 0 Å². The Kier molecular flexibility index (Phi) is 5.24. The van der Waals surface area contributed by atoms with Crippen molar-refractivity contribution in [3.05, 3.63) is 14.7 Å². The van der Waals surface area contributed by atoms with E-state index in [1.165, 1.54) is 6.07 Å². The highest BCUT2D eigenvalue weighted by Crippen LogP contribution is 2.34. The number of hydrogen-bond acceptors (Lipinski definition) is 4. The molecule has 0 aliphatic rings. The van der Waals surface area contributed by atoms with Crippen molar-refractivity contribution in [2.75, 3.05) is 6.61 Å². The quantitative estimate of drug-likeness (QED) is 0.876. The molecular formula is C9H13Cl2NO3S2. The van der Waals surface area contributed by atoms with Gasteiger partial charge in [-0.1, -0.05) is 30.1 Å². The van der Waals surface area contributed by atoms with Gasteiger partial charge in [0, 0.05) is 12.6 Å². The standard InChI is InChI=1S/C9H13Cl2NO3S2/c1-5(4-13)6(2)12-17(14,15)7-3-8(10)16-9(7)11/h3,5-6,12-13H,4H2,1-2H3. The van der Waals surface area contributed by atoms with Crippen LogP contribution in [0.15, 0.2) is 11.0 Å². The average Bonchev–Trinajstić information content (AvgIpc) is 2.56. The van der Waals surface area contributed by atoms with Crippen LogP contribution in [0.2, 0.25) is 8.67 Å². The number of rotatable bonds is 5. The summed E-state index contributed by atoms with van der Waals surface area (Å²) in [6.07, 6.45) is 0. The first-order valence-electron chi connectivity index (χ1n) is 4.86. The first-order valence-corrected chi connectivity index (χ1v) is 7.91. The van der Waals surface area contributed by atoms with Crippen molar-refractivity contribution in [1.29, 1.82) is 0 Å². The van der Waals surface area contributed by atoms with Crippen LogP contribution in [-0.4, -0.2) is 26.2 Å². The fraction of sp³-hybridized carbons (Fsp3) is 0.556. The van der Waals surface area contributed by atoms with E-state index >= 15 is 0 Å². The Bertz CT molecular complexity index is 486.